The molecule has 0 amide bonds. The first kappa shape index (κ1) is 13.7. The normalized spacial score (nSPS) is 16.5. The Balaban J connectivity index is 1.76. The van der Waals surface area contributed by atoms with Crippen LogP contribution in [0.2, 0.25) is 9.91 Å². The van der Waals surface area contributed by atoms with Gasteiger partial charge in [0.15, 0.2) is 0 Å². The van der Waals surface area contributed by atoms with E-state index in [4.69, 9.17) is 4.74 Å². The average molecular weight is 329 g/mol. The summed E-state index contributed by atoms with van der Waals surface area (Å²) < 4.78 is 6.55. The van der Waals surface area contributed by atoms with Gasteiger partial charge in [-0.3, -0.25) is 0 Å². The maximum atomic E-state index is 5.99. The first-order valence-corrected chi connectivity index (χ1v) is 10.2. The quantitative estimate of drug-likeness (QED) is 0.777. The summed E-state index contributed by atoms with van der Waals surface area (Å²) in [7, 11) is 0. The zero-order valence-electron chi connectivity index (χ0n) is 12.0. The van der Waals surface area contributed by atoms with E-state index >= 15 is 0 Å². The van der Waals surface area contributed by atoms with Gasteiger partial charge in [-0.15, -0.1) is 0 Å². The number of pyridine rings is 1. The van der Waals surface area contributed by atoms with E-state index < -0.39 is 0 Å². The van der Waals surface area contributed by atoms with Gasteiger partial charge >= 0.3 is 127 Å². The number of aromatic nitrogens is 1. The molecule has 0 saturated heterocycles. The van der Waals surface area contributed by atoms with Gasteiger partial charge in [0.1, 0.15) is 0 Å². The van der Waals surface area contributed by atoms with E-state index in [1.54, 1.807) is 0 Å². The molecule has 1 unspecified atom stereocenters. The van der Waals surface area contributed by atoms with Crippen LogP contribution in [0.5, 0.6) is 5.75 Å². The zero-order chi connectivity index (χ0) is 14.0. The molecule has 1 atom stereocenters. The molecule has 0 spiro atoms. The Hall–Kier alpha value is -1.27. The molecular formula is C17H20AsNO. The number of hydrogen-bond donors (Lipinski definition) is 0. The molecule has 1 saturated carbocycles. The molecule has 0 bridgehead atoms. The van der Waals surface area contributed by atoms with Gasteiger partial charge in [0.25, 0.3) is 0 Å². The van der Waals surface area contributed by atoms with Gasteiger partial charge in [-0.25, -0.2) is 0 Å². The molecule has 3 heteroatoms. The molecule has 0 aliphatic heterocycles. The van der Waals surface area contributed by atoms with E-state index in [0.717, 1.165) is 17.9 Å². The van der Waals surface area contributed by atoms with Crippen molar-refractivity contribution in [3.63, 3.8) is 0 Å². The van der Waals surface area contributed by atoms with Gasteiger partial charge in [0.2, 0.25) is 0 Å². The predicted molar refractivity (Wildman–Crippen MR) is 84.8 cm³/mol. The van der Waals surface area contributed by atoms with Crippen molar-refractivity contribution in [2.24, 2.45) is 0 Å². The summed E-state index contributed by atoms with van der Waals surface area (Å²) in [4.78, 5) is 4.32. The molecule has 1 aliphatic rings. The summed E-state index contributed by atoms with van der Waals surface area (Å²) in [5.74, 6) is 0.898. The molecule has 1 aromatic heterocycles. The van der Waals surface area contributed by atoms with Crippen LogP contribution in [0, 0.1) is 6.92 Å². The molecular weight excluding hydrogens is 309 g/mol. The van der Waals surface area contributed by atoms with Gasteiger partial charge < -0.3 is 0 Å². The van der Waals surface area contributed by atoms with Crippen LogP contribution in [0.1, 0.15) is 18.4 Å². The summed E-state index contributed by atoms with van der Waals surface area (Å²) in [6.07, 6.45) is 6.44. The molecule has 104 valence electrons. The van der Waals surface area contributed by atoms with Crippen molar-refractivity contribution in [3.05, 3.63) is 48.3 Å². The Labute approximate surface area is 127 Å². The number of ether oxygens (including phenoxy) is 1. The van der Waals surface area contributed by atoms with Crippen LogP contribution in [-0.2, 0) is 0 Å². The summed E-state index contributed by atoms with van der Waals surface area (Å²) in [5.41, 5.74) is 5.97. The number of hydrogen-bond acceptors (Lipinski definition) is 2. The molecule has 2 nitrogen and oxygen atoms in total. The van der Waals surface area contributed by atoms with Gasteiger partial charge in [-0.05, 0) is 0 Å². The van der Waals surface area contributed by atoms with E-state index in [1.165, 1.54) is 24.0 Å². The van der Waals surface area contributed by atoms with Crippen LogP contribution in [0.4, 0.5) is 0 Å². The van der Waals surface area contributed by atoms with Crippen molar-refractivity contribution in [1.29, 1.82) is 0 Å². The fourth-order valence-corrected chi connectivity index (χ4v) is 4.08. The molecule has 1 aromatic carbocycles. The fraction of sp³-hybridized carbons (Fsp3) is 0.353. The third kappa shape index (κ3) is 3.07. The third-order valence-corrected chi connectivity index (χ3v) is 7.54. The van der Waals surface area contributed by atoms with Gasteiger partial charge in [0.05, 0.1) is 0 Å². The summed E-state index contributed by atoms with van der Waals surface area (Å²) in [6.45, 7) is 2.99. The molecule has 0 radical (unpaired) electrons. The van der Waals surface area contributed by atoms with Crippen LogP contribution < -0.4 is 4.74 Å². The third-order valence-electron chi connectivity index (χ3n) is 3.96. The van der Waals surface area contributed by atoms with Crippen molar-refractivity contribution in [3.8, 4) is 16.9 Å². The first-order chi connectivity index (χ1) is 9.71. The molecule has 20 heavy (non-hydrogen) atoms. The minimum absolute atomic E-state index is 0.144. The van der Waals surface area contributed by atoms with Crippen molar-refractivity contribution in [2.45, 2.75) is 29.7 Å². The Morgan fingerprint density at radius 3 is 2.75 bits per heavy atom. The molecule has 2 aromatic rings. The second kappa shape index (κ2) is 5.61. The van der Waals surface area contributed by atoms with Crippen LogP contribution in [-0.4, -0.2) is 27.3 Å². The van der Waals surface area contributed by atoms with Crippen LogP contribution in [0.15, 0.2) is 42.7 Å². The molecule has 1 heterocycles. The van der Waals surface area contributed by atoms with Crippen LogP contribution in [0.25, 0.3) is 11.1 Å². The molecule has 3 rings (SSSR count). The number of rotatable bonds is 5. The van der Waals surface area contributed by atoms with Gasteiger partial charge in [-0.1, -0.05) is 0 Å². The second-order valence-electron chi connectivity index (χ2n) is 5.60. The molecule has 1 aliphatic carbocycles. The van der Waals surface area contributed by atoms with E-state index in [-0.39, 0.29) is 15.8 Å². The Morgan fingerprint density at radius 1 is 1.20 bits per heavy atom. The zero-order valence-corrected chi connectivity index (χ0v) is 14.1. The van der Waals surface area contributed by atoms with E-state index in [0.29, 0.717) is 4.20 Å². The van der Waals surface area contributed by atoms with Crippen molar-refractivity contribution in [1.82, 2.24) is 4.98 Å². The molecule has 1 fully saturated rings. The SMILES string of the molecule is C[AsH]C1(COc2cncc(-c3cccc(C)c3)c2)CC1. The monoisotopic (exact) mass is 329 g/mol. The van der Waals surface area contributed by atoms with Gasteiger partial charge in [-0.2, -0.15) is 0 Å². The van der Waals surface area contributed by atoms with E-state index in [1.807, 2.05) is 12.4 Å². The van der Waals surface area contributed by atoms with Crippen LogP contribution >= 0.6 is 0 Å². The standard InChI is InChI=1S/C17H20AsNO/c1-13-4-3-5-14(8-13)15-9-16(11-19-10-15)20-12-17(18-2)6-7-17/h3-5,8-11,18H,6-7,12H2,1-2H3. The number of nitrogens with zero attached hydrogens (tertiary/aromatic N) is 1. The first-order valence-electron chi connectivity index (χ1n) is 7.05. The fourth-order valence-electron chi connectivity index (χ4n) is 2.32. The topological polar surface area (TPSA) is 22.1 Å². The predicted octanol–water partition coefficient (Wildman–Crippen LogP) is 3.87. The van der Waals surface area contributed by atoms with Crippen molar-refractivity contribution in [2.75, 3.05) is 6.61 Å². The second-order valence-corrected chi connectivity index (χ2v) is 8.87. The van der Waals surface area contributed by atoms with E-state index in [2.05, 4.69) is 48.0 Å². The Morgan fingerprint density at radius 2 is 2.05 bits per heavy atom. The van der Waals surface area contributed by atoms with Crippen LogP contribution in [0.3, 0.4) is 0 Å². The minimum atomic E-state index is 0.144. The number of aryl methyl sites for hydroxylation is 1. The Kier molecular flexibility index (Phi) is 3.85. The van der Waals surface area contributed by atoms with E-state index in [9.17, 15) is 0 Å². The van der Waals surface area contributed by atoms with Gasteiger partial charge in [0, 0.05) is 0 Å². The van der Waals surface area contributed by atoms with Crippen molar-refractivity contribution >= 4 is 15.8 Å². The summed E-state index contributed by atoms with van der Waals surface area (Å²) in [6, 6.07) is 10.6. The number of benzene rings is 1. The van der Waals surface area contributed by atoms with Crippen molar-refractivity contribution < 1.29 is 4.74 Å². The Bertz CT molecular complexity index is 607. The summed E-state index contributed by atoms with van der Waals surface area (Å²) >= 11 is 0.144. The molecule has 0 N–H and O–H groups in total. The average Bonchev–Trinajstić information content (AvgIpc) is 3.26. The maximum absolute atomic E-state index is 5.99. The summed E-state index contributed by atoms with van der Waals surface area (Å²) in [5, 5.41) is 0.